The van der Waals surface area contributed by atoms with Gasteiger partial charge in [-0.1, -0.05) is 0 Å². The molecule has 1 aromatic carbocycles. The summed E-state index contributed by atoms with van der Waals surface area (Å²) in [5, 5.41) is 7.76. The molecule has 1 aromatic heterocycles. The van der Waals surface area contributed by atoms with E-state index in [4.69, 9.17) is 10.5 Å². The van der Waals surface area contributed by atoms with Gasteiger partial charge in [-0.15, -0.1) is 10.2 Å². The van der Waals surface area contributed by atoms with Gasteiger partial charge in [0.05, 0.1) is 5.69 Å². The zero-order valence-electron chi connectivity index (χ0n) is 7.34. The van der Waals surface area contributed by atoms with Crippen LogP contribution in [0.3, 0.4) is 0 Å². The third-order valence-electron chi connectivity index (χ3n) is 2.22. The number of fused-ring (bicyclic) bond motifs is 3. The second-order valence-electron chi connectivity index (χ2n) is 3.13. The van der Waals surface area contributed by atoms with Crippen molar-refractivity contribution in [1.29, 1.82) is 0 Å². The number of nitrogen functional groups attached to an aromatic ring is 1. The van der Waals surface area contributed by atoms with Crippen molar-refractivity contribution in [1.82, 2.24) is 14.8 Å². The Hall–Kier alpha value is -2.04. The maximum Gasteiger partial charge on any atom is 0.175 e. The predicted octanol–water partition coefficient (Wildman–Crippen LogP) is 0.742. The molecule has 0 atom stereocenters. The monoisotopic (exact) mass is 188 g/mol. The summed E-state index contributed by atoms with van der Waals surface area (Å²) in [5.74, 6) is 1.61. The first kappa shape index (κ1) is 7.37. The Labute approximate surface area is 80.1 Å². The summed E-state index contributed by atoms with van der Waals surface area (Å²) >= 11 is 0. The summed E-state index contributed by atoms with van der Waals surface area (Å²) < 4.78 is 7.37. The summed E-state index contributed by atoms with van der Waals surface area (Å²) in [6.07, 6.45) is 1.66. The van der Waals surface area contributed by atoms with E-state index in [0.717, 1.165) is 17.3 Å². The standard InChI is InChI=1S/C9H8N4O/c10-6-1-2-8-7(3-6)13-5-11-12-9(13)4-14-8/h1-3,5H,4,10H2. The Morgan fingerprint density at radius 3 is 3.29 bits per heavy atom. The molecule has 14 heavy (non-hydrogen) atoms. The minimum absolute atomic E-state index is 0.455. The first-order chi connectivity index (χ1) is 6.84. The number of hydrogen-bond donors (Lipinski definition) is 1. The van der Waals surface area contributed by atoms with Gasteiger partial charge in [-0.05, 0) is 18.2 Å². The molecule has 0 aliphatic carbocycles. The molecule has 2 aromatic rings. The number of nitrogens with two attached hydrogens (primary N) is 1. The van der Waals surface area contributed by atoms with Crippen molar-refractivity contribution in [2.24, 2.45) is 0 Å². The average Bonchev–Trinajstić information content (AvgIpc) is 2.65. The number of anilines is 1. The first-order valence-electron chi connectivity index (χ1n) is 4.26. The normalized spacial score (nSPS) is 12.9. The van der Waals surface area contributed by atoms with E-state index < -0.39 is 0 Å². The topological polar surface area (TPSA) is 66.0 Å². The van der Waals surface area contributed by atoms with Gasteiger partial charge in [-0.3, -0.25) is 4.57 Å². The fourth-order valence-electron chi connectivity index (χ4n) is 1.55. The van der Waals surface area contributed by atoms with E-state index in [1.807, 2.05) is 22.8 Å². The minimum Gasteiger partial charge on any atom is -0.483 e. The van der Waals surface area contributed by atoms with E-state index in [2.05, 4.69) is 10.2 Å². The lowest BCUT2D eigenvalue weighted by Gasteiger charge is -2.18. The molecular formula is C9H8N4O. The molecule has 1 aliphatic heterocycles. The highest BCUT2D eigenvalue weighted by Crippen LogP contribution is 2.29. The molecule has 2 heterocycles. The minimum atomic E-state index is 0.455. The Morgan fingerprint density at radius 2 is 2.36 bits per heavy atom. The van der Waals surface area contributed by atoms with Crippen LogP contribution in [-0.2, 0) is 6.61 Å². The largest absolute Gasteiger partial charge is 0.483 e. The molecule has 0 spiro atoms. The molecule has 0 saturated heterocycles. The van der Waals surface area contributed by atoms with Crippen LogP contribution in [0.25, 0.3) is 5.69 Å². The smallest absolute Gasteiger partial charge is 0.175 e. The lowest BCUT2D eigenvalue weighted by molar-refractivity contribution is 0.279. The molecule has 0 bridgehead atoms. The molecule has 0 radical (unpaired) electrons. The second kappa shape index (κ2) is 2.47. The van der Waals surface area contributed by atoms with Crippen LogP contribution in [0.15, 0.2) is 24.5 Å². The van der Waals surface area contributed by atoms with Crippen molar-refractivity contribution in [3.8, 4) is 11.4 Å². The molecule has 1 aliphatic rings. The number of benzene rings is 1. The average molecular weight is 188 g/mol. The Bertz CT molecular complexity index is 491. The first-order valence-corrected chi connectivity index (χ1v) is 4.26. The number of rotatable bonds is 0. The highest BCUT2D eigenvalue weighted by Gasteiger charge is 2.17. The molecule has 5 heteroatoms. The summed E-state index contributed by atoms with van der Waals surface area (Å²) in [7, 11) is 0. The molecule has 70 valence electrons. The maximum absolute atomic E-state index is 5.70. The van der Waals surface area contributed by atoms with Crippen LogP contribution < -0.4 is 10.5 Å². The number of ether oxygens (including phenoxy) is 1. The molecule has 0 unspecified atom stereocenters. The second-order valence-corrected chi connectivity index (χ2v) is 3.13. The van der Waals surface area contributed by atoms with Crippen molar-refractivity contribution in [2.45, 2.75) is 6.61 Å². The van der Waals surface area contributed by atoms with Crippen LogP contribution in [0.4, 0.5) is 5.69 Å². The van der Waals surface area contributed by atoms with Gasteiger partial charge in [0.25, 0.3) is 0 Å². The van der Waals surface area contributed by atoms with E-state index in [9.17, 15) is 0 Å². The van der Waals surface area contributed by atoms with E-state index in [1.54, 1.807) is 6.33 Å². The fourth-order valence-corrected chi connectivity index (χ4v) is 1.55. The van der Waals surface area contributed by atoms with Crippen LogP contribution in [0.1, 0.15) is 5.82 Å². The Kier molecular flexibility index (Phi) is 1.30. The molecular weight excluding hydrogens is 180 g/mol. The SMILES string of the molecule is Nc1ccc2c(c1)-n1cnnc1CO2. The van der Waals surface area contributed by atoms with Gasteiger partial charge in [0.1, 0.15) is 18.7 Å². The van der Waals surface area contributed by atoms with Gasteiger partial charge >= 0.3 is 0 Å². The van der Waals surface area contributed by atoms with Crippen molar-refractivity contribution < 1.29 is 4.74 Å². The van der Waals surface area contributed by atoms with Crippen LogP contribution in [-0.4, -0.2) is 14.8 Å². The molecule has 5 nitrogen and oxygen atoms in total. The van der Waals surface area contributed by atoms with Crippen LogP contribution in [0.5, 0.6) is 5.75 Å². The van der Waals surface area contributed by atoms with E-state index in [-0.39, 0.29) is 0 Å². The lowest BCUT2D eigenvalue weighted by Crippen LogP contribution is -2.12. The van der Waals surface area contributed by atoms with Crippen LogP contribution in [0, 0.1) is 0 Å². The Morgan fingerprint density at radius 1 is 1.43 bits per heavy atom. The predicted molar refractivity (Wildman–Crippen MR) is 50.1 cm³/mol. The van der Waals surface area contributed by atoms with Crippen molar-refractivity contribution in [3.05, 3.63) is 30.4 Å². The number of hydrogen-bond acceptors (Lipinski definition) is 4. The van der Waals surface area contributed by atoms with E-state index in [1.165, 1.54) is 0 Å². The van der Waals surface area contributed by atoms with Crippen LogP contribution in [0.2, 0.25) is 0 Å². The summed E-state index contributed by atoms with van der Waals surface area (Å²) in [6, 6.07) is 5.52. The van der Waals surface area contributed by atoms with Gasteiger partial charge in [0.2, 0.25) is 0 Å². The maximum atomic E-state index is 5.70. The van der Waals surface area contributed by atoms with Gasteiger partial charge in [0.15, 0.2) is 5.82 Å². The number of nitrogens with zero attached hydrogens (tertiary/aromatic N) is 3. The summed E-state index contributed by atoms with van der Waals surface area (Å²) in [4.78, 5) is 0. The molecule has 0 saturated carbocycles. The van der Waals surface area contributed by atoms with Crippen molar-refractivity contribution >= 4 is 5.69 Å². The Balaban J connectivity index is 2.28. The zero-order valence-corrected chi connectivity index (χ0v) is 7.34. The third kappa shape index (κ3) is 0.891. The lowest BCUT2D eigenvalue weighted by atomic mass is 10.2. The van der Waals surface area contributed by atoms with Crippen molar-refractivity contribution in [3.63, 3.8) is 0 Å². The van der Waals surface area contributed by atoms with Gasteiger partial charge < -0.3 is 10.5 Å². The van der Waals surface area contributed by atoms with Gasteiger partial charge in [-0.2, -0.15) is 0 Å². The van der Waals surface area contributed by atoms with Gasteiger partial charge in [-0.25, -0.2) is 0 Å². The van der Waals surface area contributed by atoms with Gasteiger partial charge in [0, 0.05) is 5.69 Å². The van der Waals surface area contributed by atoms with Crippen molar-refractivity contribution in [2.75, 3.05) is 5.73 Å². The highest BCUT2D eigenvalue weighted by atomic mass is 16.5. The molecule has 2 N–H and O–H groups in total. The molecule has 0 fully saturated rings. The summed E-state index contributed by atoms with van der Waals surface area (Å²) in [6.45, 7) is 0.455. The van der Waals surface area contributed by atoms with E-state index in [0.29, 0.717) is 12.3 Å². The van der Waals surface area contributed by atoms with Crippen LogP contribution >= 0.6 is 0 Å². The third-order valence-corrected chi connectivity index (χ3v) is 2.22. The zero-order chi connectivity index (χ0) is 9.54. The highest BCUT2D eigenvalue weighted by molar-refractivity contribution is 5.57. The van der Waals surface area contributed by atoms with E-state index >= 15 is 0 Å². The fraction of sp³-hybridized carbons (Fsp3) is 0.111. The molecule has 3 rings (SSSR count). The quantitative estimate of drug-likeness (QED) is 0.619. The number of aromatic nitrogens is 3. The summed E-state index contributed by atoms with van der Waals surface area (Å²) in [5.41, 5.74) is 7.30. The molecule has 0 amide bonds.